The minimum atomic E-state index is -1.49. The summed E-state index contributed by atoms with van der Waals surface area (Å²) in [4.78, 5) is 60.5. The molecule has 0 aliphatic rings. The van der Waals surface area contributed by atoms with Gasteiger partial charge < -0.3 is 37.0 Å². The van der Waals surface area contributed by atoms with Crippen molar-refractivity contribution < 1.29 is 39.3 Å². The lowest BCUT2D eigenvalue weighted by Crippen LogP contribution is -2.59. The quantitative estimate of drug-likeness (QED) is 0.147. The predicted octanol–water partition coefficient (Wildman–Crippen LogP) is -0.748. The predicted molar refractivity (Wildman–Crippen MR) is 129 cm³/mol. The second kappa shape index (κ2) is 14.2. The van der Waals surface area contributed by atoms with Crippen molar-refractivity contribution >= 4 is 42.3 Å². The summed E-state index contributed by atoms with van der Waals surface area (Å²) in [6.07, 6.45) is -0.917. The van der Waals surface area contributed by atoms with E-state index in [2.05, 4.69) is 28.6 Å². The average molecular weight is 513 g/mol. The number of benzene rings is 1. The minimum Gasteiger partial charge on any atom is -0.508 e. The topological polar surface area (TPSA) is 208 Å². The molecular weight excluding hydrogens is 480 g/mol. The molecule has 0 aromatic heterocycles. The van der Waals surface area contributed by atoms with Crippen LogP contribution in [-0.4, -0.2) is 74.9 Å². The molecule has 1 rings (SSSR count). The monoisotopic (exact) mass is 512 g/mol. The van der Waals surface area contributed by atoms with Gasteiger partial charge in [0, 0.05) is 18.6 Å². The van der Waals surface area contributed by atoms with E-state index in [9.17, 15) is 34.2 Å². The van der Waals surface area contributed by atoms with E-state index < -0.39 is 60.2 Å². The van der Waals surface area contributed by atoms with E-state index >= 15 is 0 Å². The Hall–Kier alpha value is -3.32. The fourth-order valence-corrected chi connectivity index (χ4v) is 3.18. The van der Waals surface area contributed by atoms with Crippen LogP contribution in [0, 0.1) is 5.92 Å². The van der Waals surface area contributed by atoms with Crippen molar-refractivity contribution in [2.75, 3.05) is 5.75 Å². The van der Waals surface area contributed by atoms with Gasteiger partial charge in [-0.1, -0.05) is 26.0 Å². The van der Waals surface area contributed by atoms with Crippen LogP contribution in [0.15, 0.2) is 24.3 Å². The van der Waals surface area contributed by atoms with E-state index in [4.69, 9.17) is 10.8 Å². The number of hydrogen-bond acceptors (Lipinski definition) is 8. The van der Waals surface area contributed by atoms with Crippen molar-refractivity contribution in [2.24, 2.45) is 11.7 Å². The Bertz CT molecular complexity index is 909. The van der Waals surface area contributed by atoms with E-state index in [0.29, 0.717) is 5.56 Å². The number of carboxylic acids is 2. The van der Waals surface area contributed by atoms with Gasteiger partial charge in [-0.3, -0.25) is 19.2 Å². The lowest BCUT2D eigenvalue weighted by Gasteiger charge is -2.27. The first kappa shape index (κ1) is 29.7. The number of rotatable bonds is 14. The number of aliphatic carboxylic acids is 2. The van der Waals surface area contributed by atoms with Crippen molar-refractivity contribution in [2.45, 2.75) is 57.3 Å². The molecule has 0 aliphatic heterocycles. The number of thiol groups is 1. The van der Waals surface area contributed by atoms with Crippen LogP contribution in [0.1, 0.15) is 32.3 Å². The highest BCUT2D eigenvalue weighted by Gasteiger charge is 2.31. The Kier molecular flexibility index (Phi) is 12.0. The number of nitrogens with two attached hydrogens (primary N) is 1. The summed E-state index contributed by atoms with van der Waals surface area (Å²) in [5.41, 5.74) is 6.20. The molecule has 0 saturated heterocycles. The van der Waals surface area contributed by atoms with E-state index in [1.807, 2.05) is 0 Å². The van der Waals surface area contributed by atoms with Crippen LogP contribution >= 0.6 is 12.6 Å². The molecule has 4 atom stereocenters. The zero-order chi connectivity index (χ0) is 26.7. The summed E-state index contributed by atoms with van der Waals surface area (Å²) < 4.78 is 0. The molecule has 12 nitrogen and oxygen atoms in total. The first-order valence-corrected chi connectivity index (χ1v) is 11.5. The molecule has 4 unspecified atom stereocenters. The van der Waals surface area contributed by atoms with E-state index in [1.54, 1.807) is 13.8 Å². The van der Waals surface area contributed by atoms with E-state index in [0.717, 1.165) is 0 Å². The lowest BCUT2D eigenvalue weighted by molar-refractivity contribution is -0.143. The molecule has 1 aromatic carbocycles. The van der Waals surface area contributed by atoms with Gasteiger partial charge in [0.25, 0.3) is 0 Å². The van der Waals surface area contributed by atoms with Crippen LogP contribution in [-0.2, 0) is 30.4 Å². The minimum absolute atomic E-state index is 0.0125. The van der Waals surface area contributed by atoms with Crippen LogP contribution < -0.4 is 21.7 Å². The van der Waals surface area contributed by atoms with Crippen LogP contribution in [0.5, 0.6) is 5.75 Å². The molecule has 0 radical (unpaired) electrons. The van der Waals surface area contributed by atoms with Gasteiger partial charge in [0.2, 0.25) is 17.7 Å². The van der Waals surface area contributed by atoms with Gasteiger partial charge in [0.1, 0.15) is 23.9 Å². The van der Waals surface area contributed by atoms with Crippen LogP contribution in [0.3, 0.4) is 0 Å². The maximum atomic E-state index is 13.0. The third-order valence-electron chi connectivity index (χ3n) is 5.05. The first-order chi connectivity index (χ1) is 16.3. The van der Waals surface area contributed by atoms with Crippen molar-refractivity contribution in [1.29, 1.82) is 0 Å². The summed E-state index contributed by atoms with van der Waals surface area (Å²) in [6.45, 7) is 3.36. The van der Waals surface area contributed by atoms with Crippen molar-refractivity contribution in [3.8, 4) is 5.75 Å². The molecule has 194 valence electrons. The van der Waals surface area contributed by atoms with Crippen molar-refractivity contribution in [1.82, 2.24) is 16.0 Å². The van der Waals surface area contributed by atoms with Gasteiger partial charge >= 0.3 is 11.9 Å². The summed E-state index contributed by atoms with van der Waals surface area (Å²) in [7, 11) is 0. The number of phenolic OH excluding ortho intramolecular Hbond substituents is 1. The molecule has 0 saturated carbocycles. The second-order valence-corrected chi connectivity index (χ2v) is 8.65. The summed E-state index contributed by atoms with van der Waals surface area (Å²) in [6, 6.07) is 1.05. The molecule has 1 aromatic rings. The Labute approximate surface area is 208 Å². The van der Waals surface area contributed by atoms with Gasteiger partial charge in [0.05, 0.1) is 6.04 Å². The highest BCUT2D eigenvalue weighted by atomic mass is 32.1. The fourth-order valence-electron chi connectivity index (χ4n) is 3.01. The fraction of sp³-hybridized carbons (Fsp3) is 0.500. The third-order valence-corrected chi connectivity index (χ3v) is 5.44. The molecule has 3 amide bonds. The van der Waals surface area contributed by atoms with E-state index in [1.165, 1.54) is 24.3 Å². The molecule has 0 aliphatic carbocycles. The molecule has 8 N–H and O–H groups in total. The second-order valence-electron chi connectivity index (χ2n) is 8.28. The zero-order valence-corrected chi connectivity index (χ0v) is 20.3. The SMILES string of the molecule is CC(C)C(NC(=O)C(N)CS)C(=O)NC(Cc1ccc(O)cc1)C(=O)NC(CCC(=O)O)C(=O)O. The maximum absolute atomic E-state index is 13.0. The normalized spacial score (nSPS) is 14.3. The summed E-state index contributed by atoms with van der Waals surface area (Å²) in [5.74, 6) is -5.16. The lowest BCUT2D eigenvalue weighted by atomic mass is 10.00. The molecule has 35 heavy (non-hydrogen) atoms. The Morgan fingerprint density at radius 2 is 1.49 bits per heavy atom. The smallest absolute Gasteiger partial charge is 0.326 e. The first-order valence-electron chi connectivity index (χ1n) is 10.9. The third kappa shape index (κ3) is 10.2. The number of amides is 3. The molecule has 0 spiro atoms. The van der Waals surface area contributed by atoms with Crippen LogP contribution in [0.2, 0.25) is 0 Å². The molecule has 0 fully saturated rings. The van der Waals surface area contributed by atoms with Crippen molar-refractivity contribution in [3.05, 3.63) is 29.8 Å². The number of hydrogen-bond donors (Lipinski definition) is 8. The summed E-state index contributed by atoms with van der Waals surface area (Å²) >= 11 is 3.96. The number of carbonyl (C=O) groups is 5. The number of nitrogens with one attached hydrogen (secondary N) is 3. The number of phenols is 1. The zero-order valence-electron chi connectivity index (χ0n) is 19.4. The molecule has 0 heterocycles. The average Bonchev–Trinajstić information content (AvgIpc) is 2.79. The van der Waals surface area contributed by atoms with Crippen molar-refractivity contribution in [3.63, 3.8) is 0 Å². The Balaban J connectivity index is 3.13. The Morgan fingerprint density at radius 3 is 1.97 bits per heavy atom. The highest BCUT2D eigenvalue weighted by molar-refractivity contribution is 7.80. The Morgan fingerprint density at radius 1 is 0.914 bits per heavy atom. The maximum Gasteiger partial charge on any atom is 0.326 e. The largest absolute Gasteiger partial charge is 0.508 e. The number of aromatic hydroxyl groups is 1. The van der Waals surface area contributed by atoms with Crippen LogP contribution in [0.4, 0.5) is 0 Å². The van der Waals surface area contributed by atoms with Crippen LogP contribution in [0.25, 0.3) is 0 Å². The van der Waals surface area contributed by atoms with Gasteiger partial charge in [-0.05, 0) is 30.0 Å². The van der Waals surface area contributed by atoms with E-state index in [-0.39, 0.29) is 30.3 Å². The highest BCUT2D eigenvalue weighted by Crippen LogP contribution is 2.13. The number of carboxylic acid groups (broad SMARTS) is 2. The summed E-state index contributed by atoms with van der Waals surface area (Å²) in [5, 5.41) is 35.0. The molecular formula is C22H32N4O8S. The standard InChI is InChI=1S/C22H32N4O8S/c1-11(2)18(26-19(30)14(23)10-35)21(32)25-16(9-12-3-5-13(27)6-4-12)20(31)24-15(22(33)34)7-8-17(28)29/h3-6,11,14-16,18,27,35H,7-10,23H2,1-2H3,(H,24,31)(H,25,32)(H,26,30)(H,28,29)(H,33,34). The van der Waals surface area contributed by atoms with Gasteiger partial charge in [0.15, 0.2) is 0 Å². The molecule has 13 heteroatoms. The molecule has 0 bridgehead atoms. The van der Waals surface area contributed by atoms with Gasteiger partial charge in [-0.25, -0.2) is 4.79 Å². The number of carbonyl (C=O) groups excluding carboxylic acids is 3. The van der Waals surface area contributed by atoms with Gasteiger partial charge in [-0.2, -0.15) is 12.6 Å². The van der Waals surface area contributed by atoms with Gasteiger partial charge in [-0.15, -0.1) is 0 Å².